The Hall–Kier alpha value is -2.96. The van der Waals surface area contributed by atoms with Crippen LogP contribution in [0.3, 0.4) is 0 Å². The number of urea groups is 1. The highest BCUT2D eigenvalue weighted by atomic mass is 32.1. The zero-order valence-electron chi connectivity index (χ0n) is 15.9. The summed E-state index contributed by atoms with van der Waals surface area (Å²) in [6, 6.07) is 20.8. The average molecular weight is 395 g/mol. The second-order valence-corrected chi connectivity index (χ2v) is 7.53. The van der Waals surface area contributed by atoms with Crippen LogP contribution in [-0.2, 0) is 4.79 Å². The van der Waals surface area contributed by atoms with Gasteiger partial charge >= 0.3 is 6.03 Å². The van der Waals surface area contributed by atoms with Crippen LogP contribution in [-0.4, -0.2) is 19.0 Å². The lowest BCUT2D eigenvalue weighted by molar-refractivity contribution is -0.713. The zero-order chi connectivity index (χ0) is 19.9. The Bertz CT molecular complexity index is 909. The number of amides is 3. The molecule has 144 valence electrons. The first-order chi connectivity index (χ1) is 13.6. The van der Waals surface area contributed by atoms with Crippen LogP contribution in [0, 0.1) is 6.92 Å². The van der Waals surface area contributed by atoms with Gasteiger partial charge in [0.05, 0.1) is 4.88 Å². The van der Waals surface area contributed by atoms with Gasteiger partial charge < -0.3 is 10.6 Å². The third-order valence-corrected chi connectivity index (χ3v) is 5.53. The SMILES string of the molecule is CNC(=O)NC(=O)[C@H]([NH2+][C@H](c1ccc(C)cc1)c1cccs1)c1ccccc1. The van der Waals surface area contributed by atoms with E-state index < -0.39 is 12.1 Å². The van der Waals surface area contributed by atoms with Crippen molar-refractivity contribution in [3.8, 4) is 0 Å². The van der Waals surface area contributed by atoms with E-state index in [0.29, 0.717) is 0 Å². The topological polar surface area (TPSA) is 74.8 Å². The van der Waals surface area contributed by atoms with Gasteiger partial charge in [-0.3, -0.25) is 10.1 Å². The number of carbonyl (C=O) groups excluding carboxylic acids is 2. The monoisotopic (exact) mass is 394 g/mol. The molecule has 3 amide bonds. The molecular weight excluding hydrogens is 370 g/mol. The number of hydrogen-bond acceptors (Lipinski definition) is 3. The molecule has 2 atom stereocenters. The van der Waals surface area contributed by atoms with Gasteiger partial charge in [0.15, 0.2) is 6.04 Å². The number of aryl methyl sites for hydroxylation is 1. The second kappa shape index (κ2) is 9.30. The van der Waals surface area contributed by atoms with Crippen LogP contribution in [0.25, 0.3) is 0 Å². The normalized spacial score (nSPS) is 12.8. The van der Waals surface area contributed by atoms with Crippen molar-refractivity contribution >= 4 is 23.3 Å². The molecule has 2 aromatic carbocycles. The van der Waals surface area contributed by atoms with Gasteiger partial charge in [-0.2, -0.15) is 0 Å². The van der Waals surface area contributed by atoms with Crippen LogP contribution in [0.5, 0.6) is 0 Å². The number of nitrogens with one attached hydrogen (secondary N) is 2. The molecule has 0 fully saturated rings. The molecule has 0 unspecified atom stereocenters. The molecule has 0 spiro atoms. The Kier molecular flexibility index (Phi) is 6.57. The lowest BCUT2D eigenvalue weighted by atomic mass is 9.99. The molecular formula is C22H24N3O2S+. The number of benzene rings is 2. The predicted molar refractivity (Wildman–Crippen MR) is 111 cm³/mol. The van der Waals surface area contributed by atoms with Crippen molar-refractivity contribution < 1.29 is 14.9 Å². The van der Waals surface area contributed by atoms with E-state index in [-0.39, 0.29) is 11.9 Å². The Morgan fingerprint density at radius 2 is 1.64 bits per heavy atom. The van der Waals surface area contributed by atoms with Crippen molar-refractivity contribution in [3.05, 3.63) is 93.7 Å². The average Bonchev–Trinajstić information content (AvgIpc) is 3.24. The Morgan fingerprint density at radius 3 is 2.25 bits per heavy atom. The van der Waals surface area contributed by atoms with E-state index in [0.717, 1.165) is 16.0 Å². The minimum absolute atomic E-state index is 0.0544. The van der Waals surface area contributed by atoms with Gasteiger partial charge in [0.25, 0.3) is 5.91 Å². The van der Waals surface area contributed by atoms with E-state index in [4.69, 9.17) is 0 Å². The van der Waals surface area contributed by atoms with E-state index in [2.05, 4.69) is 47.9 Å². The Morgan fingerprint density at radius 1 is 0.929 bits per heavy atom. The van der Waals surface area contributed by atoms with Crippen molar-refractivity contribution in [1.82, 2.24) is 10.6 Å². The summed E-state index contributed by atoms with van der Waals surface area (Å²) in [5.41, 5.74) is 3.14. The molecule has 0 aliphatic carbocycles. The van der Waals surface area contributed by atoms with Crippen LogP contribution in [0.4, 0.5) is 4.79 Å². The summed E-state index contributed by atoms with van der Waals surface area (Å²) in [5, 5.41) is 8.91. The third-order valence-electron chi connectivity index (χ3n) is 4.58. The molecule has 0 radical (unpaired) electrons. The molecule has 1 aromatic heterocycles. The maximum absolute atomic E-state index is 12.9. The number of carbonyl (C=O) groups is 2. The summed E-state index contributed by atoms with van der Waals surface area (Å²) in [6.07, 6.45) is 0. The first kappa shape index (κ1) is 19.8. The molecule has 28 heavy (non-hydrogen) atoms. The van der Waals surface area contributed by atoms with Crippen LogP contribution in [0.1, 0.15) is 33.7 Å². The molecule has 0 aliphatic heterocycles. The first-order valence-electron chi connectivity index (χ1n) is 9.11. The number of quaternary nitrogens is 1. The number of imide groups is 1. The lowest BCUT2D eigenvalue weighted by Crippen LogP contribution is -2.88. The summed E-state index contributed by atoms with van der Waals surface area (Å²) in [6.45, 7) is 2.05. The van der Waals surface area contributed by atoms with E-state index in [1.54, 1.807) is 11.3 Å². The highest BCUT2D eigenvalue weighted by Crippen LogP contribution is 2.24. The van der Waals surface area contributed by atoms with Crippen molar-refractivity contribution in [1.29, 1.82) is 0 Å². The van der Waals surface area contributed by atoms with Crippen molar-refractivity contribution in [2.75, 3.05) is 7.05 Å². The summed E-state index contributed by atoms with van der Waals surface area (Å²) >= 11 is 1.66. The molecule has 1 heterocycles. The predicted octanol–water partition coefficient (Wildman–Crippen LogP) is 2.91. The summed E-state index contributed by atoms with van der Waals surface area (Å²) < 4.78 is 0. The van der Waals surface area contributed by atoms with Gasteiger partial charge in [0, 0.05) is 18.2 Å². The number of rotatable bonds is 6. The highest BCUT2D eigenvalue weighted by molar-refractivity contribution is 7.10. The van der Waals surface area contributed by atoms with Gasteiger partial charge in [-0.15, -0.1) is 11.3 Å². The fourth-order valence-electron chi connectivity index (χ4n) is 3.07. The smallest absolute Gasteiger partial charge is 0.321 e. The summed E-state index contributed by atoms with van der Waals surface area (Å²) in [5.74, 6) is -0.348. The number of hydrogen-bond donors (Lipinski definition) is 3. The van der Waals surface area contributed by atoms with Crippen LogP contribution < -0.4 is 16.0 Å². The maximum Gasteiger partial charge on any atom is 0.321 e. The Labute approximate surface area is 168 Å². The number of thiophene rings is 1. The van der Waals surface area contributed by atoms with E-state index in [9.17, 15) is 9.59 Å². The molecule has 4 N–H and O–H groups in total. The molecule has 0 bridgehead atoms. The van der Waals surface area contributed by atoms with Crippen LogP contribution in [0.2, 0.25) is 0 Å². The number of nitrogens with two attached hydrogens (primary N) is 1. The second-order valence-electron chi connectivity index (χ2n) is 6.55. The van der Waals surface area contributed by atoms with Crippen LogP contribution >= 0.6 is 11.3 Å². The minimum atomic E-state index is -0.563. The molecule has 0 saturated heterocycles. The first-order valence-corrected chi connectivity index (χ1v) is 9.99. The molecule has 0 saturated carbocycles. The van der Waals surface area contributed by atoms with Crippen molar-refractivity contribution in [2.24, 2.45) is 0 Å². The summed E-state index contributed by atoms with van der Waals surface area (Å²) in [4.78, 5) is 25.8. The van der Waals surface area contributed by atoms with E-state index in [1.165, 1.54) is 12.6 Å². The molecule has 3 rings (SSSR count). The third kappa shape index (κ3) is 4.85. The standard InChI is InChI=1S/C22H23N3O2S/c1-15-10-12-17(13-11-15)19(18-9-6-14-28-18)24-20(16-7-4-3-5-8-16)21(26)25-22(27)23-2/h3-14,19-20,24H,1-2H3,(H2,23,25,26,27)/p+1/t19-,20-/m1/s1. The quantitative estimate of drug-likeness (QED) is 0.601. The summed E-state index contributed by atoms with van der Waals surface area (Å²) in [7, 11) is 1.49. The molecule has 3 aromatic rings. The minimum Gasteiger partial charge on any atom is -0.341 e. The zero-order valence-corrected chi connectivity index (χ0v) is 16.7. The van der Waals surface area contributed by atoms with E-state index >= 15 is 0 Å². The highest BCUT2D eigenvalue weighted by Gasteiger charge is 2.31. The molecule has 6 heteroatoms. The fourth-order valence-corrected chi connectivity index (χ4v) is 3.90. The maximum atomic E-state index is 12.9. The molecule has 5 nitrogen and oxygen atoms in total. The molecule has 0 aliphatic rings. The Balaban J connectivity index is 1.96. The van der Waals surface area contributed by atoms with Crippen molar-refractivity contribution in [3.63, 3.8) is 0 Å². The van der Waals surface area contributed by atoms with Crippen molar-refractivity contribution in [2.45, 2.75) is 19.0 Å². The lowest BCUT2D eigenvalue weighted by Gasteiger charge is -2.22. The van der Waals surface area contributed by atoms with Crippen LogP contribution in [0.15, 0.2) is 72.1 Å². The largest absolute Gasteiger partial charge is 0.341 e. The fraction of sp³-hybridized carbons (Fsp3) is 0.182. The van der Waals surface area contributed by atoms with Gasteiger partial charge in [-0.1, -0.05) is 66.2 Å². The van der Waals surface area contributed by atoms with Gasteiger partial charge in [0.2, 0.25) is 0 Å². The van der Waals surface area contributed by atoms with E-state index in [1.807, 2.05) is 47.1 Å². The van der Waals surface area contributed by atoms with Gasteiger partial charge in [0.1, 0.15) is 6.04 Å². The van der Waals surface area contributed by atoms with Gasteiger partial charge in [-0.05, 0) is 18.4 Å². The van der Waals surface area contributed by atoms with Gasteiger partial charge in [-0.25, -0.2) is 4.79 Å².